The minimum absolute atomic E-state index is 0.145. The van der Waals surface area contributed by atoms with E-state index in [0.29, 0.717) is 12.5 Å². The first-order chi connectivity index (χ1) is 9.06. The van der Waals surface area contributed by atoms with Gasteiger partial charge in [-0.05, 0) is 51.4 Å². The monoisotopic (exact) mass is 268 g/mol. The Bertz CT molecular complexity index is 315. The van der Waals surface area contributed by atoms with Gasteiger partial charge in [0.2, 0.25) is 0 Å². The maximum absolute atomic E-state index is 12.4. The molecule has 1 heterocycles. The quantitative estimate of drug-likeness (QED) is 0.847. The minimum Gasteiger partial charge on any atom is -0.361 e. The Morgan fingerprint density at radius 2 is 2.11 bits per heavy atom. The van der Waals surface area contributed by atoms with Crippen molar-refractivity contribution in [2.45, 2.75) is 64.1 Å². The molecule has 1 saturated carbocycles. The molecule has 2 N–H and O–H groups in total. The van der Waals surface area contributed by atoms with Crippen molar-refractivity contribution in [3.8, 4) is 0 Å². The molecule has 3 atom stereocenters. The maximum atomic E-state index is 12.4. The lowest BCUT2D eigenvalue weighted by molar-refractivity contribution is -0.155. The molecule has 19 heavy (non-hydrogen) atoms. The fraction of sp³-hybridized carbons (Fsp3) is 0.933. The van der Waals surface area contributed by atoms with Gasteiger partial charge in [-0.15, -0.1) is 0 Å². The normalized spacial score (nSPS) is 33.4. The first kappa shape index (κ1) is 14.8. The Kier molecular flexibility index (Phi) is 4.85. The molecule has 1 amide bonds. The number of amides is 1. The standard InChI is InChI=1S/C15H28N2O2/c1-12-6-7-15(10-12,11-16)19-13(2)14(18)17-8-4-3-5-9-17/h12-13H,3-11,16H2,1-2H3. The summed E-state index contributed by atoms with van der Waals surface area (Å²) < 4.78 is 6.12. The molecule has 2 aliphatic rings. The van der Waals surface area contributed by atoms with Gasteiger partial charge in [0.25, 0.3) is 5.91 Å². The lowest BCUT2D eigenvalue weighted by Crippen LogP contribution is -2.48. The van der Waals surface area contributed by atoms with Crippen molar-refractivity contribution < 1.29 is 9.53 Å². The number of nitrogens with two attached hydrogens (primary N) is 1. The molecule has 110 valence electrons. The van der Waals surface area contributed by atoms with Crippen molar-refractivity contribution >= 4 is 5.91 Å². The molecule has 3 unspecified atom stereocenters. The third-order valence-electron chi connectivity index (χ3n) is 4.63. The highest BCUT2D eigenvalue weighted by Gasteiger charge is 2.40. The van der Waals surface area contributed by atoms with Crippen LogP contribution in [0.5, 0.6) is 0 Å². The largest absolute Gasteiger partial charge is 0.361 e. The number of carbonyl (C=O) groups is 1. The Balaban J connectivity index is 1.91. The van der Waals surface area contributed by atoms with Crippen LogP contribution in [0, 0.1) is 5.92 Å². The second-order valence-electron chi connectivity index (χ2n) is 6.38. The van der Waals surface area contributed by atoms with E-state index in [2.05, 4.69) is 6.92 Å². The average Bonchev–Trinajstić information content (AvgIpc) is 2.80. The van der Waals surface area contributed by atoms with E-state index in [1.165, 1.54) is 6.42 Å². The zero-order valence-corrected chi connectivity index (χ0v) is 12.4. The molecule has 0 aromatic carbocycles. The summed E-state index contributed by atoms with van der Waals surface area (Å²) in [5, 5.41) is 0. The van der Waals surface area contributed by atoms with E-state index < -0.39 is 0 Å². The van der Waals surface area contributed by atoms with E-state index >= 15 is 0 Å². The topological polar surface area (TPSA) is 55.6 Å². The van der Waals surface area contributed by atoms with Crippen LogP contribution in [0.1, 0.15) is 52.4 Å². The second kappa shape index (κ2) is 6.23. The Hall–Kier alpha value is -0.610. The number of nitrogens with zero attached hydrogens (tertiary/aromatic N) is 1. The van der Waals surface area contributed by atoms with Gasteiger partial charge in [-0.25, -0.2) is 0 Å². The Labute approximate surface area is 116 Å². The van der Waals surface area contributed by atoms with E-state index in [1.54, 1.807) is 0 Å². The molecule has 2 rings (SSSR count). The van der Waals surface area contributed by atoms with E-state index in [1.807, 2.05) is 11.8 Å². The molecule has 1 aliphatic heterocycles. The maximum Gasteiger partial charge on any atom is 0.251 e. The SMILES string of the molecule is CC1CCC(CN)(OC(C)C(=O)N2CCCCC2)C1. The number of likely N-dealkylation sites (tertiary alicyclic amines) is 1. The van der Waals surface area contributed by atoms with Crippen LogP contribution in [0.4, 0.5) is 0 Å². The summed E-state index contributed by atoms with van der Waals surface area (Å²) >= 11 is 0. The van der Waals surface area contributed by atoms with E-state index in [0.717, 1.165) is 45.2 Å². The molecule has 1 aliphatic carbocycles. The highest BCUT2D eigenvalue weighted by molar-refractivity contribution is 5.80. The molecule has 0 radical (unpaired) electrons. The van der Waals surface area contributed by atoms with Crippen molar-refractivity contribution in [3.63, 3.8) is 0 Å². The molecule has 4 heteroatoms. The number of hydrogen-bond donors (Lipinski definition) is 1. The molecule has 4 nitrogen and oxygen atoms in total. The molecule has 0 bridgehead atoms. The van der Waals surface area contributed by atoms with E-state index in [9.17, 15) is 4.79 Å². The number of carbonyl (C=O) groups excluding carboxylic acids is 1. The van der Waals surface area contributed by atoms with Crippen LogP contribution in [-0.4, -0.2) is 42.1 Å². The third kappa shape index (κ3) is 3.48. The van der Waals surface area contributed by atoms with Crippen LogP contribution in [0.3, 0.4) is 0 Å². The number of hydrogen-bond acceptors (Lipinski definition) is 3. The van der Waals surface area contributed by atoms with Crippen molar-refractivity contribution in [2.24, 2.45) is 11.7 Å². The number of ether oxygens (including phenoxy) is 1. The molecule has 1 saturated heterocycles. The summed E-state index contributed by atoms with van der Waals surface area (Å²) in [6.07, 6.45) is 6.26. The van der Waals surface area contributed by atoms with Crippen molar-refractivity contribution in [1.29, 1.82) is 0 Å². The van der Waals surface area contributed by atoms with Crippen molar-refractivity contribution in [3.05, 3.63) is 0 Å². The Morgan fingerprint density at radius 3 is 2.63 bits per heavy atom. The highest BCUT2D eigenvalue weighted by atomic mass is 16.5. The Morgan fingerprint density at radius 1 is 1.42 bits per heavy atom. The summed E-state index contributed by atoms with van der Waals surface area (Å²) in [7, 11) is 0. The van der Waals surface area contributed by atoms with Gasteiger partial charge in [-0.2, -0.15) is 0 Å². The lowest BCUT2D eigenvalue weighted by atomic mass is 10.00. The highest BCUT2D eigenvalue weighted by Crippen LogP contribution is 2.37. The lowest BCUT2D eigenvalue weighted by Gasteiger charge is -2.35. The van der Waals surface area contributed by atoms with Crippen molar-refractivity contribution in [1.82, 2.24) is 4.90 Å². The predicted molar refractivity (Wildman–Crippen MR) is 75.8 cm³/mol. The molecule has 0 spiro atoms. The van der Waals surface area contributed by atoms with Gasteiger partial charge >= 0.3 is 0 Å². The van der Waals surface area contributed by atoms with Crippen LogP contribution in [0.2, 0.25) is 0 Å². The van der Waals surface area contributed by atoms with Gasteiger partial charge < -0.3 is 15.4 Å². The first-order valence-corrected chi connectivity index (χ1v) is 7.73. The van der Waals surface area contributed by atoms with Crippen LogP contribution in [0.25, 0.3) is 0 Å². The summed E-state index contributed by atoms with van der Waals surface area (Å²) in [5.41, 5.74) is 5.65. The van der Waals surface area contributed by atoms with Crippen LogP contribution < -0.4 is 5.73 Å². The predicted octanol–water partition coefficient (Wildman–Crippen LogP) is 1.92. The number of rotatable bonds is 4. The van der Waals surface area contributed by atoms with E-state index in [4.69, 9.17) is 10.5 Å². The van der Waals surface area contributed by atoms with Gasteiger partial charge in [0.15, 0.2) is 0 Å². The van der Waals surface area contributed by atoms with Gasteiger partial charge in [0.1, 0.15) is 6.10 Å². The summed E-state index contributed by atoms with van der Waals surface area (Å²) in [4.78, 5) is 14.3. The molecule has 0 aromatic heterocycles. The van der Waals surface area contributed by atoms with Gasteiger partial charge in [-0.1, -0.05) is 6.92 Å². The zero-order chi connectivity index (χ0) is 13.9. The van der Waals surface area contributed by atoms with Crippen LogP contribution >= 0.6 is 0 Å². The van der Waals surface area contributed by atoms with Gasteiger partial charge in [0, 0.05) is 19.6 Å². The molecule has 0 aromatic rings. The zero-order valence-electron chi connectivity index (χ0n) is 12.4. The average molecular weight is 268 g/mol. The summed E-state index contributed by atoms with van der Waals surface area (Å²) in [5.74, 6) is 0.799. The van der Waals surface area contributed by atoms with Gasteiger partial charge in [-0.3, -0.25) is 4.79 Å². The van der Waals surface area contributed by atoms with Crippen LogP contribution in [0.15, 0.2) is 0 Å². The van der Waals surface area contributed by atoms with Crippen molar-refractivity contribution in [2.75, 3.05) is 19.6 Å². The number of piperidine rings is 1. The first-order valence-electron chi connectivity index (χ1n) is 7.73. The van der Waals surface area contributed by atoms with Gasteiger partial charge in [0.05, 0.1) is 5.60 Å². The smallest absolute Gasteiger partial charge is 0.251 e. The fourth-order valence-corrected chi connectivity index (χ4v) is 3.49. The second-order valence-corrected chi connectivity index (χ2v) is 6.38. The molecular weight excluding hydrogens is 240 g/mol. The third-order valence-corrected chi connectivity index (χ3v) is 4.63. The minimum atomic E-state index is -0.355. The molecular formula is C15H28N2O2. The fourth-order valence-electron chi connectivity index (χ4n) is 3.49. The summed E-state index contributed by atoms with van der Waals surface area (Å²) in [6, 6.07) is 0. The van der Waals surface area contributed by atoms with Crippen LogP contribution in [-0.2, 0) is 9.53 Å². The molecule has 2 fully saturated rings. The van der Waals surface area contributed by atoms with E-state index in [-0.39, 0.29) is 17.6 Å². The summed E-state index contributed by atoms with van der Waals surface area (Å²) in [6.45, 7) is 6.42.